The molecule has 0 aromatic carbocycles. The summed E-state index contributed by atoms with van der Waals surface area (Å²) in [6, 6.07) is 1.82. The van der Waals surface area contributed by atoms with Crippen LogP contribution in [0.5, 0.6) is 0 Å². The summed E-state index contributed by atoms with van der Waals surface area (Å²) in [6.07, 6.45) is 9.15. The van der Waals surface area contributed by atoms with E-state index in [-0.39, 0.29) is 17.6 Å². The highest BCUT2D eigenvalue weighted by molar-refractivity contribution is 6.09. The van der Waals surface area contributed by atoms with Crippen molar-refractivity contribution in [2.45, 2.75) is 18.9 Å². The number of nitrogens with zero attached hydrogens (tertiary/aromatic N) is 4. The molecular formula is C16H17N5O3. The highest BCUT2D eigenvalue weighted by Crippen LogP contribution is 2.20. The van der Waals surface area contributed by atoms with Crippen LogP contribution in [0.1, 0.15) is 35.1 Å². The topological polar surface area (TPSA) is 94.5 Å². The fourth-order valence-corrected chi connectivity index (χ4v) is 2.70. The van der Waals surface area contributed by atoms with Crippen molar-refractivity contribution in [1.82, 2.24) is 14.9 Å². The van der Waals surface area contributed by atoms with Gasteiger partial charge in [0.2, 0.25) is 0 Å². The highest BCUT2D eigenvalue weighted by Gasteiger charge is 2.20. The molecule has 4 heterocycles. The zero-order valence-electron chi connectivity index (χ0n) is 13.0. The Bertz CT molecular complexity index is 798. The number of anilines is 1. The maximum absolute atomic E-state index is 12.3. The number of rotatable bonds is 4. The third-order valence-corrected chi connectivity index (χ3v) is 3.99. The lowest BCUT2D eigenvalue weighted by Crippen LogP contribution is -2.12. The highest BCUT2D eigenvalue weighted by atomic mass is 16.5. The molecule has 2 aliphatic rings. The first kappa shape index (κ1) is 14.8. The molecule has 124 valence electrons. The molecule has 1 unspecified atom stereocenters. The summed E-state index contributed by atoms with van der Waals surface area (Å²) >= 11 is 0. The largest absolute Gasteiger partial charge is 0.379 e. The Morgan fingerprint density at radius 3 is 3.17 bits per heavy atom. The Balaban J connectivity index is 1.44. The molecule has 2 aromatic heterocycles. The van der Waals surface area contributed by atoms with Gasteiger partial charge in [0, 0.05) is 25.4 Å². The van der Waals surface area contributed by atoms with Crippen LogP contribution in [0.4, 0.5) is 5.69 Å². The quantitative estimate of drug-likeness (QED) is 0.924. The molecule has 1 saturated heterocycles. The van der Waals surface area contributed by atoms with Crippen molar-refractivity contribution in [1.29, 1.82) is 0 Å². The van der Waals surface area contributed by atoms with Crippen molar-refractivity contribution in [2.24, 2.45) is 4.99 Å². The molecule has 0 bridgehead atoms. The summed E-state index contributed by atoms with van der Waals surface area (Å²) in [5.74, 6) is 0.155. The Morgan fingerprint density at radius 2 is 2.38 bits per heavy atom. The molecule has 4 rings (SSSR count). The SMILES string of the molecule is O=C(Nc1cnn(C2CCOC2)c1)c1cc(C2=NCCC=C2)on1. The number of ether oxygens (including phenoxy) is 1. The van der Waals surface area contributed by atoms with Gasteiger partial charge in [-0.15, -0.1) is 0 Å². The van der Waals surface area contributed by atoms with E-state index >= 15 is 0 Å². The Hall–Kier alpha value is -2.74. The van der Waals surface area contributed by atoms with Crippen LogP contribution in [0.3, 0.4) is 0 Å². The van der Waals surface area contributed by atoms with Gasteiger partial charge >= 0.3 is 0 Å². The Kier molecular flexibility index (Phi) is 3.96. The number of aliphatic imine (C=N–C) groups is 1. The molecule has 2 aliphatic heterocycles. The van der Waals surface area contributed by atoms with Crippen molar-refractivity contribution in [2.75, 3.05) is 25.1 Å². The maximum atomic E-state index is 12.3. The smallest absolute Gasteiger partial charge is 0.277 e. The van der Waals surface area contributed by atoms with E-state index in [1.807, 2.05) is 16.8 Å². The van der Waals surface area contributed by atoms with E-state index in [9.17, 15) is 4.79 Å². The lowest BCUT2D eigenvalue weighted by Gasteiger charge is -2.06. The van der Waals surface area contributed by atoms with E-state index in [1.165, 1.54) is 0 Å². The van der Waals surface area contributed by atoms with Crippen LogP contribution in [0.25, 0.3) is 0 Å². The summed E-state index contributed by atoms with van der Waals surface area (Å²) in [7, 11) is 0. The molecule has 0 spiro atoms. The first-order valence-corrected chi connectivity index (χ1v) is 7.91. The number of aromatic nitrogens is 3. The number of nitrogens with one attached hydrogen (secondary N) is 1. The number of allylic oxidation sites excluding steroid dienone is 1. The van der Waals surface area contributed by atoms with Crippen LogP contribution in [-0.4, -0.2) is 46.3 Å². The number of carbonyl (C=O) groups excluding carboxylic acids is 1. The fourth-order valence-electron chi connectivity index (χ4n) is 2.70. The average molecular weight is 327 g/mol. The fraction of sp³-hybridized carbons (Fsp3) is 0.375. The molecule has 8 heteroatoms. The molecule has 1 fully saturated rings. The zero-order valence-corrected chi connectivity index (χ0v) is 13.0. The van der Waals surface area contributed by atoms with Crippen molar-refractivity contribution in [3.8, 4) is 0 Å². The summed E-state index contributed by atoms with van der Waals surface area (Å²) in [5.41, 5.74) is 1.54. The number of carbonyl (C=O) groups is 1. The van der Waals surface area contributed by atoms with E-state index in [2.05, 4.69) is 20.6 Å². The molecule has 0 radical (unpaired) electrons. The van der Waals surface area contributed by atoms with Crippen LogP contribution in [0.15, 0.2) is 40.1 Å². The molecule has 0 aliphatic carbocycles. The normalized spacial score (nSPS) is 20.2. The average Bonchev–Trinajstić information content (AvgIpc) is 3.36. The second kappa shape index (κ2) is 6.40. The maximum Gasteiger partial charge on any atom is 0.277 e. The van der Waals surface area contributed by atoms with Crippen LogP contribution >= 0.6 is 0 Å². The minimum Gasteiger partial charge on any atom is -0.379 e. The monoisotopic (exact) mass is 327 g/mol. The van der Waals surface area contributed by atoms with E-state index in [0.717, 1.165) is 26.0 Å². The lowest BCUT2D eigenvalue weighted by atomic mass is 10.2. The molecule has 8 nitrogen and oxygen atoms in total. The van der Waals surface area contributed by atoms with Crippen LogP contribution in [0.2, 0.25) is 0 Å². The van der Waals surface area contributed by atoms with Crippen molar-refractivity contribution < 1.29 is 14.1 Å². The van der Waals surface area contributed by atoms with Gasteiger partial charge in [0.25, 0.3) is 5.91 Å². The second-order valence-corrected chi connectivity index (χ2v) is 5.71. The number of amides is 1. The second-order valence-electron chi connectivity index (χ2n) is 5.71. The Morgan fingerprint density at radius 1 is 1.42 bits per heavy atom. The van der Waals surface area contributed by atoms with Gasteiger partial charge in [0.1, 0.15) is 5.71 Å². The zero-order chi connectivity index (χ0) is 16.4. The van der Waals surface area contributed by atoms with Crippen LogP contribution in [0, 0.1) is 0 Å². The predicted octanol–water partition coefficient (Wildman–Crippen LogP) is 1.83. The third kappa shape index (κ3) is 3.00. The molecular weight excluding hydrogens is 310 g/mol. The number of dihydropyridines is 1. The van der Waals surface area contributed by atoms with Crippen LogP contribution < -0.4 is 5.32 Å². The molecule has 24 heavy (non-hydrogen) atoms. The first-order chi connectivity index (χ1) is 11.8. The van der Waals surface area contributed by atoms with E-state index in [4.69, 9.17) is 9.26 Å². The summed E-state index contributed by atoms with van der Waals surface area (Å²) in [6.45, 7) is 2.11. The van der Waals surface area contributed by atoms with E-state index in [0.29, 0.717) is 23.8 Å². The molecule has 2 aromatic rings. The Labute approximate surface area is 138 Å². The summed E-state index contributed by atoms with van der Waals surface area (Å²) in [5, 5.41) is 10.9. The molecule has 0 saturated carbocycles. The molecule has 1 amide bonds. The summed E-state index contributed by atoms with van der Waals surface area (Å²) in [4.78, 5) is 16.6. The lowest BCUT2D eigenvalue weighted by molar-refractivity contribution is 0.101. The first-order valence-electron chi connectivity index (χ1n) is 7.91. The predicted molar refractivity (Wildman–Crippen MR) is 86.3 cm³/mol. The molecule has 1 atom stereocenters. The minimum atomic E-state index is -0.340. The standard InChI is InChI=1S/C16H17N5O3/c22-16(14-7-15(24-20-14)13-3-1-2-5-17-13)19-11-8-18-21(9-11)12-4-6-23-10-12/h1,3,7-9,12H,2,4-6,10H2,(H,19,22). The summed E-state index contributed by atoms with van der Waals surface area (Å²) < 4.78 is 12.4. The van der Waals surface area contributed by atoms with Gasteiger partial charge < -0.3 is 14.6 Å². The number of hydrogen-bond acceptors (Lipinski definition) is 6. The van der Waals surface area contributed by atoms with Gasteiger partial charge in [-0.3, -0.25) is 14.5 Å². The minimum absolute atomic E-state index is 0.212. The van der Waals surface area contributed by atoms with Gasteiger partial charge in [0.05, 0.1) is 24.5 Å². The van der Waals surface area contributed by atoms with Gasteiger partial charge in [-0.05, 0) is 18.9 Å². The van der Waals surface area contributed by atoms with Crippen molar-refractivity contribution in [3.05, 3.63) is 42.1 Å². The van der Waals surface area contributed by atoms with E-state index < -0.39 is 0 Å². The van der Waals surface area contributed by atoms with Gasteiger partial charge in [0.15, 0.2) is 11.5 Å². The van der Waals surface area contributed by atoms with Gasteiger partial charge in [-0.1, -0.05) is 11.2 Å². The molecule has 1 N–H and O–H groups in total. The van der Waals surface area contributed by atoms with Gasteiger partial charge in [-0.2, -0.15) is 5.10 Å². The van der Waals surface area contributed by atoms with Crippen molar-refractivity contribution in [3.63, 3.8) is 0 Å². The van der Waals surface area contributed by atoms with Crippen LogP contribution in [-0.2, 0) is 4.74 Å². The number of hydrogen-bond donors (Lipinski definition) is 1. The third-order valence-electron chi connectivity index (χ3n) is 3.99. The van der Waals surface area contributed by atoms with Gasteiger partial charge in [-0.25, -0.2) is 0 Å². The van der Waals surface area contributed by atoms with Crippen molar-refractivity contribution >= 4 is 17.3 Å². The van der Waals surface area contributed by atoms with E-state index in [1.54, 1.807) is 18.5 Å².